The number of nitrogens with zero attached hydrogens (tertiary/aromatic N) is 4. The molecule has 0 atom stereocenters. The Morgan fingerprint density at radius 3 is 3.04 bits per heavy atom. The monoisotopic (exact) mass is 313 g/mol. The average molecular weight is 313 g/mol. The van der Waals surface area contributed by atoms with Gasteiger partial charge in [-0.1, -0.05) is 23.4 Å². The van der Waals surface area contributed by atoms with E-state index in [1.165, 1.54) is 16.6 Å². The van der Waals surface area contributed by atoms with Gasteiger partial charge in [-0.2, -0.15) is 0 Å². The number of aromatic nitrogens is 1. The number of rotatable bonds is 5. The van der Waals surface area contributed by atoms with Crippen LogP contribution < -0.4 is 5.48 Å². The molecular weight excluding hydrogens is 294 g/mol. The number of carbonyl (C=O) groups is 1. The molecule has 7 nitrogen and oxygen atoms in total. The van der Waals surface area contributed by atoms with Crippen molar-refractivity contribution in [3.8, 4) is 0 Å². The van der Waals surface area contributed by atoms with Crippen molar-refractivity contribution in [2.24, 2.45) is 10.3 Å². The summed E-state index contributed by atoms with van der Waals surface area (Å²) in [5, 5.41) is 19.8. The topological polar surface area (TPSA) is 82.2 Å². The van der Waals surface area contributed by atoms with Crippen molar-refractivity contribution in [1.29, 1.82) is 0 Å². The van der Waals surface area contributed by atoms with E-state index in [0.29, 0.717) is 13.1 Å². The van der Waals surface area contributed by atoms with Crippen LogP contribution in [0, 0.1) is 0 Å². The summed E-state index contributed by atoms with van der Waals surface area (Å²) in [5.41, 5.74) is 4.73. The van der Waals surface area contributed by atoms with Crippen LogP contribution in [0.2, 0.25) is 0 Å². The Morgan fingerprint density at radius 1 is 1.43 bits per heavy atom. The third kappa shape index (κ3) is 3.24. The minimum Gasteiger partial charge on any atom is -0.343 e. The molecule has 0 fully saturated rings. The lowest BCUT2D eigenvalue weighted by molar-refractivity contribution is -0.128. The standard InChI is InChI=1S/C16H19N5O2/c1-2-21-14(9-12-5-3-4-6-15(12)21)11-20-10-13(17-19-20)7-8-16(22)18-23/h3-7,9,23H,2,8,10-11H2,1H3,(H,18,22)/b13-7-. The minimum absolute atomic E-state index is 0.0912. The number of nitrogens with one attached hydrogen (secondary N) is 1. The van der Waals surface area contributed by atoms with E-state index >= 15 is 0 Å². The number of fused-ring (bicyclic) bond motifs is 1. The molecule has 7 heteroatoms. The van der Waals surface area contributed by atoms with Crippen molar-refractivity contribution in [1.82, 2.24) is 15.1 Å². The fourth-order valence-electron chi connectivity index (χ4n) is 2.78. The van der Waals surface area contributed by atoms with Gasteiger partial charge in [-0.05, 0) is 30.5 Å². The molecule has 120 valence electrons. The lowest BCUT2D eigenvalue weighted by atomic mass is 10.2. The van der Waals surface area contributed by atoms with Gasteiger partial charge in [0, 0.05) is 24.2 Å². The van der Waals surface area contributed by atoms with Crippen LogP contribution in [0.3, 0.4) is 0 Å². The van der Waals surface area contributed by atoms with Gasteiger partial charge in [-0.25, -0.2) is 5.48 Å². The van der Waals surface area contributed by atoms with E-state index in [1.807, 2.05) is 17.1 Å². The van der Waals surface area contributed by atoms with E-state index in [9.17, 15) is 4.79 Å². The summed E-state index contributed by atoms with van der Waals surface area (Å²) in [6.45, 7) is 4.24. The fourth-order valence-corrected chi connectivity index (χ4v) is 2.78. The maximum Gasteiger partial charge on any atom is 0.247 e. The first-order valence-electron chi connectivity index (χ1n) is 7.57. The number of amides is 1. The number of hydrogen-bond acceptors (Lipinski definition) is 5. The number of aryl methyl sites for hydroxylation is 1. The molecule has 2 aromatic rings. The second-order valence-electron chi connectivity index (χ2n) is 5.39. The highest BCUT2D eigenvalue weighted by molar-refractivity contribution is 5.81. The van der Waals surface area contributed by atoms with Crippen LogP contribution in [0.5, 0.6) is 0 Å². The van der Waals surface area contributed by atoms with Crippen molar-refractivity contribution in [2.75, 3.05) is 6.54 Å². The first kappa shape index (κ1) is 15.2. The molecule has 2 heterocycles. The van der Waals surface area contributed by atoms with Crippen molar-refractivity contribution < 1.29 is 10.0 Å². The van der Waals surface area contributed by atoms with Crippen molar-refractivity contribution in [3.63, 3.8) is 0 Å². The lowest BCUT2D eigenvalue weighted by Gasteiger charge is -2.14. The zero-order valence-corrected chi connectivity index (χ0v) is 12.9. The van der Waals surface area contributed by atoms with E-state index in [1.54, 1.807) is 11.6 Å². The number of para-hydroxylation sites is 1. The van der Waals surface area contributed by atoms with Gasteiger partial charge >= 0.3 is 0 Å². The molecule has 0 saturated heterocycles. The Balaban J connectivity index is 1.72. The van der Waals surface area contributed by atoms with Crippen LogP contribution in [0.1, 0.15) is 19.0 Å². The maximum absolute atomic E-state index is 11.0. The van der Waals surface area contributed by atoms with Crippen molar-refractivity contribution in [3.05, 3.63) is 47.8 Å². The molecule has 0 aliphatic carbocycles. The zero-order valence-electron chi connectivity index (χ0n) is 12.9. The molecular formula is C16H19N5O2. The van der Waals surface area contributed by atoms with Crippen LogP contribution in [0.15, 0.2) is 52.4 Å². The SMILES string of the molecule is CCn1c(CN2C/C(=C/CC(=O)NO)N=N2)cc2ccccc21. The second-order valence-corrected chi connectivity index (χ2v) is 5.39. The Bertz CT molecular complexity index is 778. The van der Waals surface area contributed by atoms with Crippen LogP contribution in [-0.2, 0) is 17.9 Å². The molecule has 0 radical (unpaired) electrons. The van der Waals surface area contributed by atoms with Crippen LogP contribution in [-0.4, -0.2) is 27.2 Å². The molecule has 0 saturated carbocycles. The minimum atomic E-state index is -0.461. The van der Waals surface area contributed by atoms with E-state index in [-0.39, 0.29) is 6.42 Å². The van der Waals surface area contributed by atoms with Gasteiger partial charge < -0.3 is 4.57 Å². The molecule has 0 bridgehead atoms. The number of hydroxylamine groups is 1. The third-order valence-electron chi connectivity index (χ3n) is 3.85. The van der Waals surface area contributed by atoms with Gasteiger partial charge in [-0.15, -0.1) is 5.11 Å². The highest BCUT2D eigenvalue weighted by Crippen LogP contribution is 2.23. The van der Waals surface area contributed by atoms with Crippen LogP contribution in [0.4, 0.5) is 0 Å². The quantitative estimate of drug-likeness (QED) is 0.657. The molecule has 1 aliphatic rings. The summed E-state index contributed by atoms with van der Waals surface area (Å²) >= 11 is 0. The highest BCUT2D eigenvalue weighted by atomic mass is 16.5. The fraction of sp³-hybridized carbons (Fsp3) is 0.312. The lowest BCUT2D eigenvalue weighted by Crippen LogP contribution is -2.18. The molecule has 1 aromatic heterocycles. The van der Waals surface area contributed by atoms with Crippen molar-refractivity contribution >= 4 is 16.8 Å². The highest BCUT2D eigenvalue weighted by Gasteiger charge is 2.16. The molecule has 0 spiro atoms. The van der Waals surface area contributed by atoms with Gasteiger partial charge in [0.1, 0.15) is 0 Å². The van der Waals surface area contributed by atoms with Crippen LogP contribution >= 0.6 is 0 Å². The van der Waals surface area contributed by atoms with E-state index in [2.05, 4.69) is 40.0 Å². The number of hydrogen-bond donors (Lipinski definition) is 2. The Morgan fingerprint density at radius 2 is 2.26 bits per heavy atom. The molecule has 0 unspecified atom stereocenters. The summed E-state index contributed by atoms with van der Waals surface area (Å²) < 4.78 is 2.27. The predicted octanol–water partition coefficient (Wildman–Crippen LogP) is 2.62. The third-order valence-corrected chi connectivity index (χ3v) is 3.85. The van der Waals surface area contributed by atoms with Gasteiger partial charge in [0.15, 0.2) is 0 Å². The smallest absolute Gasteiger partial charge is 0.247 e. The maximum atomic E-state index is 11.0. The van der Waals surface area contributed by atoms with Crippen LogP contribution in [0.25, 0.3) is 10.9 Å². The largest absolute Gasteiger partial charge is 0.343 e. The normalized spacial score (nSPS) is 15.7. The first-order chi connectivity index (χ1) is 11.2. The molecule has 1 aromatic carbocycles. The molecule has 2 N–H and O–H groups in total. The summed E-state index contributed by atoms with van der Waals surface area (Å²) in [6, 6.07) is 10.5. The summed E-state index contributed by atoms with van der Waals surface area (Å²) in [5.74, 6) is -0.461. The first-order valence-corrected chi connectivity index (χ1v) is 7.57. The molecule has 3 rings (SSSR count). The summed E-state index contributed by atoms with van der Waals surface area (Å²) in [4.78, 5) is 11.0. The van der Waals surface area contributed by atoms with E-state index in [4.69, 9.17) is 5.21 Å². The average Bonchev–Trinajstić information content (AvgIpc) is 3.16. The Hall–Kier alpha value is -2.67. The van der Waals surface area contributed by atoms with Gasteiger partial charge in [0.2, 0.25) is 5.91 Å². The second kappa shape index (κ2) is 6.62. The van der Waals surface area contributed by atoms with Gasteiger partial charge in [0.05, 0.1) is 18.8 Å². The van der Waals surface area contributed by atoms with Gasteiger partial charge in [0.25, 0.3) is 0 Å². The zero-order chi connectivity index (χ0) is 16.2. The molecule has 23 heavy (non-hydrogen) atoms. The number of benzene rings is 1. The Labute approximate surface area is 133 Å². The van der Waals surface area contributed by atoms with E-state index < -0.39 is 5.91 Å². The Kier molecular flexibility index (Phi) is 4.38. The molecule has 1 amide bonds. The molecule has 1 aliphatic heterocycles. The summed E-state index contributed by atoms with van der Waals surface area (Å²) in [7, 11) is 0. The predicted molar refractivity (Wildman–Crippen MR) is 85.5 cm³/mol. The van der Waals surface area contributed by atoms with Crippen molar-refractivity contribution in [2.45, 2.75) is 26.4 Å². The van der Waals surface area contributed by atoms with Gasteiger partial charge in [-0.3, -0.25) is 15.0 Å². The summed E-state index contributed by atoms with van der Waals surface area (Å²) in [6.07, 6.45) is 1.76. The van der Waals surface area contributed by atoms with E-state index in [0.717, 1.165) is 12.2 Å². The number of carbonyl (C=O) groups excluding carboxylic acids is 1.